The van der Waals surface area contributed by atoms with Gasteiger partial charge in [0.15, 0.2) is 11.5 Å². The Kier molecular flexibility index (Phi) is 6.83. The molecule has 1 amide bonds. The van der Waals surface area contributed by atoms with E-state index in [4.69, 9.17) is 14.2 Å². The molecule has 0 fully saturated rings. The summed E-state index contributed by atoms with van der Waals surface area (Å²) in [6.07, 6.45) is 1.51. The molecule has 25 heavy (non-hydrogen) atoms. The van der Waals surface area contributed by atoms with Crippen molar-refractivity contribution in [2.75, 3.05) is 21.3 Å². The van der Waals surface area contributed by atoms with Crippen LogP contribution in [0.15, 0.2) is 44.4 Å². The molecule has 0 spiro atoms. The van der Waals surface area contributed by atoms with Crippen LogP contribution < -0.4 is 19.6 Å². The Hall–Kier alpha value is -2.06. The van der Waals surface area contributed by atoms with E-state index in [0.29, 0.717) is 22.8 Å². The second-order valence-electron chi connectivity index (χ2n) is 4.77. The van der Waals surface area contributed by atoms with Crippen LogP contribution >= 0.6 is 31.9 Å². The van der Waals surface area contributed by atoms with Crippen LogP contribution in [0.4, 0.5) is 0 Å². The van der Waals surface area contributed by atoms with E-state index in [0.717, 1.165) is 14.5 Å². The van der Waals surface area contributed by atoms with Crippen molar-refractivity contribution in [2.24, 2.45) is 5.10 Å². The molecule has 0 saturated carbocycles. The SMILES string of the molecule is COc1cc(Br)c(/C=N\NC(=O)c2cc(Br)ccc2OC)cc1OC. The van der Waals surface area contributed by atoms with Gasteiger partial charge in [-0.1, -0.05) is 15.9 Å². The lowest BCUT2D eigenvalue weighted by Crippen LogP contribution is -2.18. The van der Waals surface area contributed by atoms with Crippen molar-refractivity contribution >= 4 is 44.0 Å². The standard InChI is InChI=1S/C17H16Br2N2O4/c1-23-14-5-4-11(18)7-12(14)17(22)21-20-9-10-6-15(24-2)16(25-3)8-13(10)19/h4-9H,1-3H3,(H,21,22)/b20-9-. The first-order valence-electron chi connectivity index (χ1n) is 7.08. The predicted octanol–water partition coefficient (Wildman–Crippen LogP) is 4.00. The Bertz CT molecular complexity index is 809. The maximum absolute atomic E-state index is 12.3. The minimum atomic E-state index is -0.383. The van der Waals surface area contributed by atoms with Crippen molar-refractivity contribution in [1.82, 2.24) is 5.43 Å². The van der Waals surface area contributed by atoms with Crippen LogP contribution in [0.1, 0.15) is 15.9 Å². The zero-order chi connectivity index (χ0) is 18.4. The molecule has 0 saturated heterocycles. The van der Waals surface area contributed by atoms with Crippen molar-refractivity contribution in [2.45, 2.75) is 0 Å². The smallest absolute Gasteiger partial charge is 0.275 e. The number of nitrogens with one attached hydrogen (secondary N) is 1. The van der Waals surface area contributed by atoms with Gasteiger partial charge in [-0.2, -0.15) is 5.10 Å². The second-order valence-corrected chi connectivity index (χ2v) is 6.54. The lowest BCUT2D eigenvalue weighted by molar-refractivity contribution is 0.0952. The summed E-state index contributed by atoms with van der Waals surface area (Å²) in [4.78, 5) is 12.3. The van der Waals surface area contributed by atoms with Crippen LogP contribution in [0.5, 0.6) is 17.2 Å². The highest BCUT2D eigenvalue weighted by molar-refractivity contribution is 9.10. The molecule has 2 rings (SSSR count). The molecular weight excluding hydrogens is 456 g/mol. The molecule has 0 unspecified atom stereocenters. The van der Waals surface area contributed by atoms with Gasteiger partial charge in [0.2, 0.25) is 0 Å². The van der Waals surface area contributed by atoms with Crippen molar-refractivity contribution < 1.29 is 19.0 Å². The van der Waals surface area contributed by atoms with Gasteiger partial charge in [-0.3, -0.25) is 4.79 Å². The first-order valence-corrected chi connectivity index (χ1v) is 8.67. The summed E-state index contributed by atoms with van der Waals surface area (Å²) in [5.41, 5.74) is 3.58. The summed E-state index contributed by atoms with van der Waals surface area (Å²) < 4.78 is 17.2. The van der Waals surface area contributed by atoms with E-state index < -0.39 is 0 Å². The van der Waals surface area contributed by atoms with Crippen molar-refractivity contribution in [3.63, 3.8) is 0 Å². The number of carbonyl (C=O) groups excluding carboxylic acids is 1. The van der Waals surface area contributed by atoms with Gasteiger partial charge in [0.05, 0.1) is 33.1 Å². The monoisotopic (exact) mass is 470 g/mol. The molecule has 8 heteroatoms. The molecule has 0 aliphatic carbocycles. The first kappa shape index (κ1) is 19.3. The highest BCUT2D eigenvalue weighted by Crippen LogP contribution is 2.32. The van der Waals surface area contributed by atoms with Gasteiger partial charge in [0, 0.05) is 14.5 Å². The number of hydrogen-bond donors (Lipinski definition) is 1. The summed E-state index contributed by atoms with van der Waals surface area (Å²) >= 11 is 6.76. The minimum Gasteiger partial charge on any atom is -0.496 e. The van der Waals surface area contributed by atoms with Crippen LogP contribution in [-0.2, 0) is 0 Å². The number of hydrogen-bond acceptors (Lipinski definition) is 5. The van der Waals surface area contributed by atoms with Crippen molar-refractivity contribution in [3.8, 4) is 17.2 Å². The number of ether oxygens (including phenoxy) is 3. The number of nitrogens with zero attached hydrogens (tertiary/aromatic N) is 1. The molecular formula is C17H16Br2N2O4. The Morgan fingerprint density at radius 1 is 1.00 bits per heavy atom. The molecule has 1 N–H and O–H groups in total. The molecule has 6 nitrogen and oxygen atoms in total. The second kappa shape index (κ2) is 8.87. The fourth-order valence-corrected chi connectivity index (χ4v) is 2.83. The van der Waals surface area contributed by atoms with Crippen LogP contribution in [0.3, 0.4) is 0 Å². The Morgan fingerprint density at radius 3 is 2.28 bits per heavy atom. The molecule has 0 heterocycles. The Balaban J connectivity index is 2.18. The quantitative estimate of drug-likeness (QED) is 0.510. The van der Waals surface area contributed by atoms with Gasteiger partial charge in [-0.25, -0.2) is 5.43 Å². The van der Waals surface area contributed by atoms with E-state index in [9.17, 15) is 4.79 Å². The van der Waals surface area contributed by atoms with Gasteiger partial charge in [0.1, 0.15) is 5.75 Å². The largest absolute Gasteiger partial charge is 0.496 e. The third-order valence-electron chi connectivity index (χ3n) is 3.28. The molecule has 2 aromatic carbocycles. The van der Waals surface area contributed by atoms with Crippen LogP contribution in [0, 0.1) is 0 Å². The maximum atomic E-state index is 12.3. The number of halogens is 2. The van der Waals surface area contributed by atoms with E-state index in [1.165, 1.54) is 13.3 Å². The summed E-state index contributed by atoms with van der Waals surface area (Å²) in [6, 6.07) is 8.67. The molecule has 0 radical (unpaired) electrons. The Labute approximate surface area is 162 Å². The Morgan fingerprint density at radius 2 is 1.64 bits per heavy atom. The lowest BCUT2D eigenvalue weighted by atomic mass is 10.2. The van der Waals surface area contributed by atoms with E-state index in [-0.39, 0.29) is 5.91 Å². The molecule has 0 aliphatic heterocycles. The third-order valence-corrected chi connectivity index (χ3v) is 4.46. The molecule has 0 bridgehead atoms. The third kappa shape index (κ3) is 4.73. The fraction of sp³-hybridized carbons (Fsp3) is 0.176. The van der Waals surface area contributed by atoms with Gasteiger partial charge < -0.3 is 14.2 Å². The zero-order valence-corrected chi connectivity index (χ0v) is 17.0. The minimum absolute atomic E-state index is 0.375. The van der Waals surface area contributed by atoms with Crippen LogP contribution in [0.2, 0.25) is 0 Å². The molecule has 132 valence electrons. The topological polar surface area (TPSA) is 69.2 Å². The fourth-order valence-electron chi connectivity index (χ4n) is 2.05. The molecule has 0 aliphatic rings. The number of hydrazone groups is 1. The first-order chi connectivity index (χ1) is 12.0. The number of benzene rings is 2. The van der Waals surface area contributed by atoms with Crippen molar-refractivity contribution in [1.29, 1.82) is 0 Å². The number of methoxy groups -OCH3 is 3. The number of amides is 1. The highest BCUT2D eigenvalue weighted by atomic mass is 79.9. The molecule has 0 atom stereocenters. The molecule has 2 aromatic rings. The number of rotatable bonds is 6. The summed E-state index contributed by atoms with van der Waals surface area (Å²) in [5, 5.41) is 3.99. The van der Waals surface area contributed by atoms with Crippen LogP contribution in [-0.4, -0.2) is 33.5 Å². The predicted molar refractivity (Wildman–Crippen MR) is 103 cm³/mol. The van der Waals surface area contributed by atoms with E-state index in [1.807, 2.05) is 0 Å². The summed E-state index contributed by atoms with van der Waals surface area (Å²) in [6.45, 7) is 0. The average molecular weight is 472 g/mol. The summed E-state index contributed by atoms with van der Waals surface area (Å²) in [5.74, 6) is 1.23. The van der Waals surface area contributed by atoms with E-state index in [1.54, 1.807) is 44.6 Å². The van der Waals surface area contributed by atoms with E-state index >= 15 is 0 Å². The van der Waals surface area contributed by atoms with Gasteiger partial charge in [0.25, 0.3) is 5.91 Å². The maximum Gasteiger partial charge on any atom is 0.275 e. The van der Waals surface area contributed by atoms with Crippen LogP contribution in [0.25, 0.3) is 0 Å². The number of carbonyl (C=O) groups is 1. The van der Waals surface area contributed by atoms with Gasteiger partial charge >= 0.3 is 0 Å². The summed E-state index contributed by atoms with van der Waals surface area (Å²) in [7, 11) is 4.61. The lowest BCUT2D eigenvalue weighted by Gasteiger charge is -2.10. The zero-order valence-electron chi connectivity index (χ0n) is 13.8. The van der Waals surface area contributed by atoms with E-state index in [2.05, 4.69) is 42.4 Å². The normalized spacial score (nSPS) is 10.6. The highest BCUT2D eigenvalue weighted by Gasteiger charge is 2.12. The average Bonchev–Trinajstić information content (AvgIpc) is 2.62. The molecule has 0 aromatic heterocycles. The van der Waals surface area contributed by atoms with Crippen molar-refractivity contribution in [3.05, 3.63) is 50.4 Å². The van der Waals surface area contributed by atoms with Gasteiger partial charge in [-0.15, -0.1) is 0 Å². The van der Waals surface area contributed by atoms with Gasteiger partial charge in [-0.05, 0) is 46.3 Å².